The van der Waals surface area contributed by atoms with Crippen LogP contribution in [0.15, 0.2) is 29.2 Å². The number of anilines is 1. The van der Waals surface area contributed by atoms with Gasteiger partial charge in [0, 0.05) is 6.04 Å². The van der Waals surface area contributed by atoms with Gasteiger partial charge < -0.3 is 5.43 Å². The van der Waals surface area contributed by atoms with Gasteiger partial charge in [-0.1, -0.05) is 12.1 Å². The highest BCUT2D eigenvalue weighted by Gasteiger charge is 2.45. The molecule has 9 heteroatoms. The molecule has 0 unspecified atom stereocenters. The van der Waals surface area contributed by atoms with Crippen molar-refractivity contribution in [2.24, 2.45) is 5.84 Å². The third-order valence-corrected chi connectivity index (χ3v) is 4.87. The third-order valence-electron chi connectivity index (χ3n) is 2.92. The zero-order valence-electron chi connectivity index (χ0n) is 10.4. The maximum Gasteiger partial charge on any atom is 0.402 e. The van der Waals surface area contributed by atoms with Gasteiger partial charge in [0.05, 0.1) is 5.69 Å². The Bertz CT molecular complexity index is 585. The first-order chi connectivity index (χ1) is 9.25. The highest BCUT2D eigenvalue weighted by Crippen LogP contribution is 2.36. The van der Waals surface area contributed by atoms with Crippen molar-refractivity contribution in [2.45, 2.75) is 30.0 Å². The molecule has 0 amide bonds. The minimum atomic E-state index is -4.58. The quantitative estimate of drug-likeness (QED) is 0.641. The Morgan fingerprint density at radius 2 is 1.90 bits per heavy atom. The van der Waals surface area contributed by atoms with Crippen molar-refractivity contribution in [1.82, 2.24) is 4.31 Å². The fourth-order valence-electron chi connectivity index (χ4n) is 1.89. The first-order valence-corrected chi connectivity index (χ1v) is 7.34. The van der Waals surface area contributed by atoms with Crippen LogP contribution in [0.2, 0.25) is 0 Å². The second kappa shape index (κ2) is 5.23. The molecule has 1 aromatic carbocycles. The molecular weight excluding hydrogens is 295 g/mol. The minimum Gasteiger partial charge on any atom is -0.323 e. The number of nitrogen functional groups attached to an aromatic ring is 1. The lowest BCUT2D eigenvalue weighted by atomic mass is 10.3. The number of sulfonamides is 1. The number of hydrogen-bond donors (Lipinski definition) is 2. The Labute approximate surface area is 114 Å². The van der Waals surface area contributed by atoms with Crippen LogP contribution >= 0.6 is 0 Å². The Morgan fingerprint density at radius 1 is 1.30 bits per heavy atom. The van der Waals surface area contributed by atoms with Crippen LogP contribution in [-0.2, 0) is 10.0 Å². The number of benzene rings is 1. The molecule has 0 aliphatic heterocycles. The molecule has 0 radical (unpaired) electrons. The SMILES string of the molecule is NNc1ccccc1S(=O)(=O)N(CC(F)(F)F)C1CC1. The number of hydrazine groups is 1. The lowest BCUT2D eigenvalue weighted by molar-refractivity contribution is -0.137. The molecule has 5 nitrogen and oxygen atoms in total. The van der Waals surface area contributed by atoms with Crippen LogP contribution in [0.1, 0.15) is 12.8 Å². The Kier molecular flexibility index (Phi) is 3.94. The first kappa shape index (κ1) is 15.1. The van der Waals surface area contributed by atoms with Gasteiger partial charge in [-0.05, 0) is 25.0 Å². The highest BCUT2D eigenvalue weighted by atomic mass is 32.2. The lowest BCUT2D eigenvalue weighted by Gasteiger charge is -2.24. The molecule has 0 bridgehead atoms. The van der Waals surface area contributed by atoms with Crippen LogP contribution in [-0.4, -0.2) is 31.5 Å². The summed E-state index contributed by atoms with van der Waals surface area (Å²) in [6.07, 6.45) is -3.71. The molecule has 0 heterocycles. The van der Waals surface area contributed by atoms with Crippen LogP contribution in [0.25, 0.3) is 0 Å². The fourth-order valence-corrected chi connectivity index (χ4v) is 3.71. The topological polar surface area (TPSA) is 75.4 Å². The summed E-state index contributed by atoms with van der Waals surface area (Å²) in [4.78, 5) is -0.251. The monoisotopic (exact) mass is 309 g/mol. The maximum absolute atomic E-state index is 12.6. The summed E-state index contributed by atoms with van der Waals surface area (Å²) in [5, 5.41) is 0. The second-order valence-corrected chi connectivity index (χ2v) is 6.40. The van der Waals surface area contributed by atoms with E-state index in [0.717, 1.165) is 0 Å². The molecule has 1 fully saturated rings. The van der Waals surface area contributed by atoms with Gasteiger partial charge in [0.1, 0.15) is 11.4 Å². The van der Waals surface area contributed by atoms with Gasteiger partial charge in [0.15, 0.2) is 0 Å². The van der Waals surface area contributed by atoms with Crippen molar-refractivity contribution in [2.75, 3.05) is 12.0 Å². The summed E-state index contributed by atoms with van der Waals surface area (Å²) in [6.45, 7) is -1.49. The molecule has 20 heavy (non-hydrogen) atoms. The normalized spacial score (nSPS) is 16.4. The Balaban J connectivity index is 2.40. The van der Waals surface area contributed by atoms with E-state index in [4.69, 9.17) is 5.84 Å². The molecule has 2 rings (SSSR count). The number of nitrogens with one attached hydrogen (secondary N) is 1. The lowest BCUT2D eigenvalue weighted by Crippen LogP contribution is -2.40. The average molecular weight is 309 g/mol. The molecule has 1 aliphatic carbocycles. The molecule has 1 aliphatic rings. The van der Waals surface area contributed by atoms with Crippen LogP contribution < -0.4 is 11.3 Å². The van der Waals surface area contributed by atoms with E-state index in [-0.39, 0.29) is 10.6 Å². The van der Waals surface area contributed by atoms with E-state index in [9.17, 15) is 21.6 Å². The average Bonchev–Trinajstić information content (AvgIpc) is 3.19. The molecule has 0 aromatic heterocycles. The van der Waals surface area contributed by atoms with Gasteiger partial charge in [0.25, 0.3) is 0 Å². The number of rotatable bonds is 5. The van der Waals surface area contributed by atoms with E-state index < -0.39 is 28.8 Å². The first-order valence-electron chi connectivity index (χ1n) is 5.90. The standard InChI is InChI=1S/C11H14F3N3O2S/c12-11(13,14)7-17(8-5-6-8)20(18,19)10-4-2-1-3-9(10)16-15/h1-4,8,16H,5-7,15H2. The Morgan fingerprint density at radius 3 is 2.40 bits per heavy atom. The molecule has 0 spiro atoms. The highest BCUT2D eigenvalue weighted by molar-refractivity contribution is 7.89. The predicted molar refractivity (Wildman–Crippen MR) is 67.2 cm³/mol. The van der Waals surface area contributed by atoms with E-state index in [1.54, 1.807) is 6.07 Å². The molecule has 0 atom stereocenters. The van der Waals surface area contributed by atoms with Gasteiger partial charge in [-0.25, -0.2) is 8.42 Å². The summed E-state index contributed by atoms with van der Waals surface area (Å²) < 4.78 is 63.0. The van der Waals surface area contributed by atoms with Crippen molar-refractivity contribution >= 4 is 15.7 Å². The van der Waals surface area contributed by atoms with Gasteiger partial charge in [-0.2, -0.15) is 17.5 Å². The van der Waals surface area contributed by atoms with E-state index in [1.165, 1.54) is 18.2 Å². The zero-order valence-corrected chi connectivity index (χ0v) is 11.2. The molecule has 112 valence electrons. The van der Waals surface area contributed by atoms with E-state index >= 15 is 0 Å². The number of nitrogens with two attached hydrogens (primary N) is 1. The summed E-state index contributed by atoms with van der Waals surface area (Å²) in [5.74, 6) is 5.21. The van der Waals surface area contributed by atoms with Crippen LogP contribution in [0.4, 0.5) is 18.9 Å². The van der Waals surface area contributed by atoms with Crippen LogP contribution in [0.5, 0.6) is 0 Å². The van der Waals surface area contributed by atoms with Crippen molar-refractivity contribution in [1.29, 1.82) is 0 Å². The number of para-hydroxylation sites is 1. The molecule has 1 saturated carbocycles. The molecular formula is C11H14F3N3O2S. The van der Waals surface area contributed by atoms with Crippen molar-refractivity contribution in [3.63, 3.8) is 0 Å². The number of alkyl halides is 3. The molecule has 3 N–H and O–H groups in total. The van der Waals surface area contributed by atoms with Crippen molar-refractivity contribution in [3.05, 3.63) is 24.3 Å². The summed E-state index contributed by atoms with van der Waals surface area (Å²) in [6, 6.07) is 5.01. The summed E-state index contributed by atoms with van der Waals surface area (Å²) >= 11 is 0. The predicted octanol–water partition coefficient (Wildman–Crippen LogP) is 1.69. The smallest absolute Gasteiger partial charge is 0.323 e. The van der Waals surface area contributed by atoms with E-state index in [1.807, 2.05) is 0 Å². The van der Waals surface area contributed by atoms with Crippen LogP contribution in [0.3, 0.4) is 0 Å². The summed E-state index contributed by atoms with van der Waals surface area (Å²) in [5.41, 5.74) is 2.26. The third kappa shape index (κ3) is 3.22. The number of hydrogen-bond acceptors (Lipinski definition) is 4. The van der Waals surface area contributed by atoms with Gasteiger partial charge in [-0.15, -0.1) is 0 Å². The molecule has 0 saturated heterocycles. The van der Waals surface area contributed by atoms with E-state index in [2.05, 4.69) is 5.43 Å². The van der Waals surface area contributed by atoms with Crippen molar-refractivity contribution in [3.8, 4) is 0 Å². The zero-order chi connectivity index (χ0) is 15.0. The second-order valence-electron chi connectivity index (χ2n) is 4.54. The summed E-state index contributed by atoms with van der Waals surface area (Å²) in [7, 11) is -4.24. The number of nitrogens with zero attached hydrogens (tertiary/aromatic N) is 1. The largest absolute Gasteiger partial charge is 0.402 e. The van der Waals surface area contributed by atoms with Gasteiger partial charge in [-0.3, -0.25) is 5.84 Å². The van der Waals surface area contributed by atoms with E-state index in [0.29, 0.717) is 17.1 Å². The maximum atomic E-state index is 12.6. The van der Waals surface area contributed by atoms with Gasteiger partial charge >= 0.3 is 6.18 Å². The number of halogens is 3. The molecule has 1 aromatic rings. The van der Waals surface area contributed by atoms with Crippen molar-refractivity contribution < 1.29 is 21.6 Å². The Hall–Kier alpha value is -1.32. The van der Waals surface area contributed by atoms with Gasteiger partial charge in [0.2, 0.25) is 10.0 Å². The fraction of sp³-hybridized carbons (Fsp3) is 0.455. The van der Waals surface area contributed by atoms with Crippen LogP contribution in [0, 0.1) is 0 Å². The minimum absolute atomic E-state index is 0.0697.